The second-order valence-electron chi connectivity index (χ2n) is 3.36. The number of hydrogen-bond acceptors (Lipinski definition) is 5. The van der Waals surface area contributed by atoms with Crippen LogP contribution >= 0.6 is 11.6 Å². The second-order valence-corrected chi connectivity index (χ2v) is 3.76. The Kier molecular flexibility index (Phi) is 3.55. The van der Waals surface area contributed by atoms with E-state index < -0.39 is 0 Å². The minimum Gasteiger partial charge on any atom is -0.495 e. The van der Waals surface area contributed by atoms with Gasteiger partial charge in [0.25, 0.3) is 0 Å². The van der Waals surface area contributed by atoms with Crippen molar-refractivity contribution in [2.45, 2.75) is 6.54 Å². The molecule has 0 fully saturated rings. The first kappa shape index (κ1) is 11.8. The van der Waals surface area contributed by atoms with E-state index in [4.69, 9.17) is 16.3 Å². The van der Waals surface area contributed by atoms with E-state index >= 15 is 0 Å². The maximum Gasteiger partial charge on any atom is 0.170 e. The highest BCUT2D eigenvalue weighted by atomic mass is 35.5. The summed E-state index contributed by atoms with van der Waals surface area (Å²) in [4.78, 5) is 0. The summed E-state index contributed by atoms with van der Waals surface area (Å²) in [5, 5.41) is 15.0. The van der Waals surface area contributed by atoms with E-state index in [1.54, 1.807) is 23.9 Å². The highest BCUT2D eigenvalue weighted by Crippen LogP contribution is 2.26. The monoisotopic (exact) mass is 253 g/mol. The first-order valence-corrected chi connectivity index (χ1v) is 5.40. The molecule has 0 atom stereocenters. The van der Waals surface area contributed by atoms with E-state index in [9.17, 15) is 0 Å². The van der Waals surface area contributed by atoms with E-state index in [0.29, 0.717) is 23.1 Å². The Labute approximate surface area is 104 Å². The van der Waals surface area contributed by atoms with Gasteiger partial charge in [0.05, 0.1) is 24.4 Å². The Bertz CT molecular complexity index is 513. The largest absolute Gasteiger partial charge is 0.495 e. The van der Waals surface area contributed by atoms with Crippen LogP contribution in [0.5, 0.6) is 5.75 Å². The smallest absolute Gasteiger partial charge is 0.170 e. The number of rotatable bonds is 4. The average Bonchev–Trinajstić information content (AvgIpc) is 2.78. The van der Waals surface area contributed by atoms with E-state index in [2.05, 4.69) is 20.8 Å². The molecular formula is C10H12ClN5O. The summed E-state index contributed by atoms with van der Waals surface area (Å²) in [6.07, 6.45) is 0. The first-order chi connectivity index (χ1) is 8.26. The Hall–Kier alpha value is -1.66. The van der Waals surface area contributed by atoms with E-state index in [1.165, 1.54) is 0 Å². The summed E-state index contributed by atoms with van der Waals surface area (Å²) in [5.74, 6) is 1.34. The summed E-state index contributed by atoms with van der Waals surface area (Å²) in [7, 11) is 3.41. The zero-order valence-electron chi connectivity index (χ0n) is 9.51. The molecule has 1 aromatic heterocycles. The van der Waals surface area contributed by atoms with Crippen molar-refractivity contribution in [3.05, 3.63) is 29.0 Å². The van der Waals surface area contributed by atoms with Crippen LogP contribution in [-0.4, -0.2) is 34.4 Å². The fourth-order valence-corrected chi connectivity index (χ4v) is 1.71. The van der Waals surface area contributed by atoms with Crippen molar-refractivity contribution < 1.29 is 4.74 Å². The Morgan fingerprint density at radius 2 is 2.29 bits per heavy atom. The SMILES string of the molecule is CNCc1nnnn1-c1ccc(OC)c(Cl)c1. The molecular weight excluding hydrogens is 242 g/mol. The lowest BCUT2D eigenvalue weighted by molar-refractivity contribution is 0.415. The van der Waals surface area contributed by atoms with Crippen LogP contribution in [0.2, 0.25) is 5.02 Å². The average molecular weight is 254 g/mol. The summed E-state index contributed by atoms with van der Waals surface area (Å²) in [5.41, 5.74) is 0.797. The topological polar surface area (TPSA) is 64.9 Å². The standard InChI is InChI=1S/C10H12ClN5O/c1-12-6-10-13-14-15-16(10)7-3-4-9(17-2)8(11)5-7/h3-5,12H,6H2,1-2H3. The summed E-state index contributed by atoms with van der Waals surface area (Å²) < 4.78 is 6.72. The quantitative estimate of drug-likeness (QED) is 0.882. The predicted molar refractivity (Wildman–Crippen MR) is 63.5 cm³/mol. The van der Waals surface area contributed by atoms with Crippen LogP contribution in [0.4, 0.5) is 0 Å². The fourth-order valence-electron chi connectivity index (χ4n) is 1.46. The highest BCUT2D eigenvalue weighted by Gasteiger charge is 2.09. The molecule has 0 unspecified atom stereocenters. The maximum absolute atomic E-state index is 6.05. The van der Waals surface area contributed by atoms with Crippen LogP contribution in [-0.2, 0) is 6.54 Å². The molecule has 1 heterocycles. The van der Waals surface area contributed by atoms with Gasteiger partial charge in [-0.15, -0.1) is 5.10 Å². The van der Waals surface area contributed by atoms with Crippen molar-refractivity contribution in [3.63, 3.8) is 0 Å². The molecule has 6 nitrogen and oxygen atoms in total. The maximum atomic E-state index is 6.05. The molecule has 0 aliphatic rings. The fraction of sp³-hybridized carbons (Fsp3) is 0.300. The third-order valence-electron chi connectivity index (χ3n) is 2.25. The molecule has 1 N–H and O–H groups in total. The number of halogens is 1. The van der Waals surface area contributed by atoms with E-state index in [-0.39, 0.29) is 0 Å². The number of nitrogens with one attached hydrogen (secondary N) is 1. The number of tetrazole rings is 1. The second kappa shape index (κ2) is 5.11. The van der Waals surface area contributed by atoms with Gasteiger partial charge in [0.2, 0.25) is 0 Å². The molecule has 0 saturated carbocycles. The van der Waals surface area contributed by atoms with Crippen LogP contribution in [0.1, 0.15) is 5.82 Å². The number of hydrogen-bond donors (Lipinski definition) is 1. The van der Waals surface area contributed by atoms with Crippen LogP contribution in [0.3, 0.4) is 0 Å². The van der Waals surface area contributed by atoms with Gasteiger partial charge in [-0.05, 0) is 35.7 Å². The van der Waals surface area contributed by atoms with Gasteiger partial charge in [-0.2, -0.15) is 4.68 Å². The highest BCUT2D eigenvalue weighted by molar-refractivity contribution is 6.32. The van der Waals surface area contributed by atoms with Crippen molar-refractivity contribution >= 4 is 11.6 Å². The molecule has 0 aliphatic carbocycles. The van der Waals surface area contributed by atoms with Crippen molar-refractivity contribution in [3.8, 4) is 11.4 Å². The lowest BCUT2D eigenvalue weighted by atomic mass is 10.3. The molecule has 0 spiro atoms. The molecule has 90 valence electrons. The lowest BCUT2D eigenvalue weighted by Crippen LogP contribution is -2.12. The van der Waals surface area contributed by atoms with Gasteiger partial charge in [0, 0.05) is 0 Å². The number of benzene rings is 1. The molecule has 7 heteroatoms. The molecule has 2 aromatic rings. The Balaban J connectivity index is 2.39. The normalized spacial score (nSPS) is 10.5. The van der Waals surface area contributed by atoms with Gasteiger partial charge < -0.3 is 10.1 Å². The summed E-state index contributed by atoms with van der Waals surface area (Å²) in [6, 6.07) is 5.39. The van der Waals surface area contributed by atoms with Gasteiger partial charge >= 0.3 is 0 Å². The van der Waals surface area contributed by atoms with Gasteiger partial charge in [0.1, 0.15) is 5.75 Å². The number of ether oxygens (including phenoxy) is 1. The van der Waals surface area contributed by atoms with Gasteiger partial charge in [-0.25, -0.2) is 0 Å². The van der Waals surface area contributed by atoms with Crippen LogP contribution in [0.15, 0.2) is 18.2 Å². The third-order valence-corrected chi connectivity index (χ3v) is 2.54. The summed E-state index contributed by atoms with van der Waals surface area (Å²) in [6.45, 7) is 0.580. The minimum atomic E-state index is 0.524. The van der Waals surface area contributed by atoms with Gasteiger partial charge in [0.15, 0.2) is 5.82 Å². The number of nitrogens with zero attached hydrogens (tertiary/aromatic N) is 4. The van der Waals surface area contributed by atoms with Crippen LogP contribution in [0.25, 0.3) is 5.69 Å². The molecule has 0 amide bonds. The van der Waals surface area contributed by atoms with Crippen LogP contribution < -0.4 is 10.1 Å². The van der Waals surface area contributed by atoms with Crippen molar-refractivity contribution in [1.29, 1.82) is 0 Å². The predicted octanol–water partition coefficient (Wildman–Crippen LogP) is 1.04. The zero-order chi connectivity index (χ0) is 12.3. The first-order valence-electron chi connectivity index (χ1n) is 5.02. The van der Waals surface area contributed by atoms with Crippen molar-refractivity contribution in [2.24, 2.45) is 0 Å². The van der Waals surface area contributed by atoms with Gasteiger partial charge in [-0.3, -0.25) is 0 Å². The molecule has 17 heavy (non-hydrogen) atoms. The van der Waals surface area contributed by atoms with E-state index in [1.807, 2.05) is 13.1 Å². The van der Waals surface area contributed by atoms with Crippen molar-refractivity contribution in [2.75, 3.05) is 14.2 Å². The number of aromatic nitrogens is 4. The third kappa shape index (κ3) is 2.37. The lowest BCUT2D eigenvalue weighted by Gasteiger charge is -2.07. The Morgan fingerprint density at radius 1 is 1.47 bits per heavy atom. The molecule has 1 aromatic carbocycles. The molecule has 0 bridgehead atoms. The van der Waals surface area contributed by atoms with Crippen molar-refractivity contribution in [1.82, 2.24) is 25.5 Å². The Morgan fingerprint density at radius 3 is 2.94 bits per heavy atom. The molecule has 2 rings (SSSR count). The zero-order valence-corrected chi connectivity index (χ0v) is 10.3. The minimum absolute atomic E-state index is 0.524. The van der Waals surface area contributed by atoms with Gasteiger partial charge in [-0.1, -0.05) is 11.6 Å². The molecule has 0 radical (unpaired) electrons. The molecule has 0 aliphatic heterocycles. The summed E-state index contributed by atoms with van der Waals surface area (Å²) >= 11 is 6.05. The molecule has 0 saturated heterocycles. The van der Waals surface area contributed by atoms with Crippen LogP contribution in [0, 0.1) is 0 Å². The van der Waals surface area contributed by atoms with E-state index in [0.717, 1.165) is 5.69 Å². The number of methoxy groups -OCH3 is 1.